The Kier molecular flexibility index (Phi) is 5.59. The topological polar surface area (TPSA) is 60.7 Å². The molecule has 0 aliphatic rings. The summed E-state index contributed by atoms with van der Waals surface area (Å²) in [6.07, 6.45) is 1.97. The molecule has 0 unspecified atom stereocenters. The number of rotatable bonds is 6. The third-order valence-corrected chi connectivity index (χ3v) is 6.91. The second-order valence-electron chi connectivity index (χ2n) is 5.45. The lowest BCUT2D eigenvalue weighted by Gasteiger charge is -2.11. The highest BCUT2D eigenvalue weighted by Crippen LogP contribution is 2.30. The van der Waals surface area contributed by atoms with Crippen molar-refractivity contribution in [1.82, 2.24) is 19.1 Å². The number of fused-ring (bicyclic) bond motifs is 1. The molecule has 3 aromatic rings. The first-order valence-electron chi connectivity index (χ1n) is 7.63. The van der Waals surface area contributed by atoms with Gasteiger partial charge in [0.2, 0.25) is 0 Å². The predicted octanol–water partition coefficient (Wildman–Crippen LogP) is 4.67. The van der Waals surface area contributed by atoms with E-state index >= 15 is 0 Å². The summed E-state index contributed by atoms with van der Waals surface area (Å²) in [7, 11) is 0. The largest absolute Gasteiger partial charge is 0.287 e. The van der Waals surface area contributed by atoms with Gasteiger partial charge in [-0.3, -0.25) is 9.36 Å². The summed E-state index contributed by atoms with van der Waals surface area (Å²) in [5.74, 6) is 0.558. The first kappa shape index (κ1) is 17.8. The Morgan fingerprint density at radius 1 is 1.33 bits per heavy atom. The van der Waals surface area contributed by atoms with E-state index in [0.29, 0.717) is 16.6 Å². The summed E-state index contributed by atoms with van der Waals surface area (Å²) >= 11 is 10.3. The fourth-order valence-corrected chi connectivity index (χ4v) is 5.18. The standard InChI is InChI=1S/C15H17ClN4OS3/c1-4-5-6-20-14(21)11-8(2)9(3)23-13(11)17-15(20)22-7-10-12(16)24-19-18-10/h4-7H2,1-3H3. The molecule has 0 amide bonds. The van der Waals surface area contributed by atoms with Crippen LogP contribution >= 0.6 is 46.2 Å². The molecular formula is C15H17ClN4OS3. The maximum Gasteiger partial charge on any atom is 0.263 e. The summed E-state index contributed by atoms with van der Waals surface area (Å²) in [6, 6.07) is 0. The van der Waals surface area contributed by atoms with Crippen LogP contribution in [0.15, 0.2) is 9.95 Å². The van der Waals surface area contributed by atoms with Crippen molar-refractivity contribution in [2.24, 2.45) is 0 Å². The van der Waals surface area contributed by atoms with Crippen molar-refractivity contribution in [3.05, 3.63) is 30.8 Å². The molecule has 0 bridgehead atoms. The molecule has 9 heteroatoms. The Hall–Kier alpha value is -0.960. The molecule has 0 saturated carbocycles. The molecule has 0 radical (unpaired) electrons. The van der Waals surface area contributed by atoms with Gasteiger partial charge in [-0.1, -0.05) is 41.2 Å². The number of hydrogen-bond donors (Lipinski definition) is 0. The van der Waals surface area contributed by atoms with Crippen LogP contribution in [-0.2, 0) is 12.3 Å². The van der Waals surface area contributed by atoms with Crippen LogP contribution in [0.25, 0.3) is 10.2 Å². The van der Waals surface area contributed by atoms with Gasteiger partial charge in [-0.15, -0.1) is 16.4 Å². The van der Waals surface area contributed by atoms with E-state index in [0.717, 1.165) is 44.3 Å². The van der Waals surface area contributed by atoms with Crippen molar-refractivity contribution in [1.29, 1.82) is 0 Å². The van der Waals surface area contributed by atoms with Crippen LogP contribution in [0, 0.1) is 13.8 Å². The number of thiophene rings is 1. The third-order valence-electron chi connectivity index (χ3n) is 3.84. The van der Waals surface area contributed by atoms with E-state index in [1.165, 1.54) is 23.3 Å². The smallest absolute Gasteiger partial charge is 0.263 e. The molecule has 0 N–H and O–H groups in total. The van der Waals surface area contributed by atoms with Crippen molar-refractivity contribution >= 4 is 56.4 Å². The van der Waals surface area contributed by atoms with E-state index in [2.05, 4.69) is 16.5 Å². The van der Waals surface area contributed by atoms with Gasteiger partial charge >= 0.3 is 0 Å². The van der Waals surface area contributed by atoms with E-state index in [4.69, 9.17) is 16.6 Å². The highest BCUT2D eigenvalue weighted by atomic mass is 35.5. The minimum Gasteiger partial charge on any atom is -0.287 e. The molecule has 0 atom stereocenters. The maximum absolute atomic E-state index is 13.0. The predicted molar refractivity (Wildman–Crippen MR) is 103 cm³/mol. The lowest BCUT2D eigenvalue weighted by Crippen LogP contribution is -2.23. The quantitative estimate of drug-likeness (QED) is 0.444. The number of aromatic nitrogens is 4. The van der Waals surface area contributed by atoms with Crippen LogP contribution < -0.4 is 5.56 Å². The molecule has 5 nitrogen and oxygen atoms in total. The van der Waals surface area contributed by atoms with Gasteiger partial charge in [0.25, 0.3) is 5.56 Å². The molecule has 0 aliphatic carbocycles. The van der Waals surface area contributed by atoms with Gasteiger partial charge in [-0.2, -0.15) is 0 Å². The molecule has 3 aromatic heterocycles. The van der Waals surface area contributed by atoms with Crippen LogP contribution in [0.5, 0.6) is 0 Å². The second-order valence-corrected chi connectivity index (χ2v) is 8.95. The number of unbranched alkanes of at least 4 members (excludes halogenated alkanes) is 1. The number of hydrogen-bond acceptors (Lipinski definition) is 7. The first-order chi connectivity index (χ1) is 11.5. The number of halogens is 1. The van der Waals surface area contributed by atoms with E-state index in [9.17, 15) is 4.79 Å². The van der Waals surface area contributed by atoms with Gasteiger partial charge in [-0.25, -0.2) is 4.98 Å². The Morgan fingerprint density at radius 3 is 2.79 bits per heavy atom. The van der Waals surface area contributed by atoms with Crippen molar-refractivity contribution in [3.63, 3.8) is 0 Å². The highest BCUT2D eigenvalue weighted by molar-refractivity contribution is 7.98. The zero-order valence-corrected chi connectivity index (χ0v) is 16.8. The lowest BCUT2D eigenvalue weighted by atomic mass is 10.2. The molecule has 0 spiro atoms. The molecule has 0 aromatic carbocycles. The summed E-state index contributed by atoms with van der Waals surface area (Å²) in [5, 5.41) is 5.51. The average molecular weight is 401 g/mol. The molecule has 3 heterocycles. The van der Waals surface area contributed by atoms with Crippen LogP contribution in [-0.4, -0.2) is 19.1 Å². The number of aryl methyl sites for hydroxylation is 2. The maximum atomic E-state index is 13.0. The first-order valence-corrected chi connectivity index (χ1v) is 10.6. The SMILES string of the molecule is CCCCn1c(SCc2nnsc2Cl)nc2sc(C)c(C)c2c1=O. The molecule has 128 valence electrons. The summed E-state index contributed by atoms with van der Waals surface area (Å²) in [4.78, 5) is 19.7. The van der Waals surface area contributed by atoms with Crippen LogP contribution in [0.1, 0.15) is 35.9 Å². The van der Waals surface area contributed by atoms with Gasteiger partial charge in [0.05, 0.1) is 5.39 Å². The molecule has 0 fully saturated rings. The molecule has 3 rings (SSSR count). The van der Waals surface area contributed by atoms with Crippen molar-refractivity contribution in [2.75, 3.05) is 0 Å². The fourth-order valence-electron chi connectivity index (χ4n) is 2.35. The van der Waals surface area contributed by atoms with Crippen LogP contribution in [0.3, 0.4) is 0 Å². The minimum absolute atomic E-state index is 0.0558. The van der Waals surface area contributed by atoms with Gasteiger partial charge in [0, 0.05) is 28.7 Å². The zero-order chi connectivity index (χ0) is 17.3. The van der Waals surface area contributed by atoms with E-state index in [1.54, 1.807) is 15.9 Å². The van der Waals surface area contributed by atoms with Gasteiger partial charge in [0.15, 0.2) is 5.16 Å². The molecule has 24 heavy (non-hydrogen) atoms. The lowest BCUT2D eigenvalue weighted by molar-refractivity contribution is 0.558. The number of nitrogens with zero attached hydrogens (tertiary/aromatic N) is 4. The van der Waals surface area contributed by atoms with E-state index in [1.807, 2.05) is 13.8 Å². The summed E-state index contributed by atoms with van der Waals surface area (Å²) in [5.41, 5.74) is 1.84. The zero-order valence-electron chi connectivity index (χ0n) is 13.6. The third kappa shape index (κ3) is 3.37. The van der Waals surface area contributed by atoms with Crippen LogP contribution in [0.2, 0.25) is 4.34 Å². The van der Waals surface area contributed by atoms with E-state index in [-0.39, 0.29) is 5.56 Å². The van der Waals surface area contributed by atoms with Crippen molar-refractivity contribution < 1.29 is 0 Å². The molecular weight excluding hydrogens is 384 g/mol. The summed E-state index contributed by atoms with van der Waals surface area (Å²) in [6.45, 7) is 6.82. The summed E-state index contributed by atoms with van der Waals surface area (Å²) < 4.78 is 6.23. The highest BCUT2D eigenvalue weighted by Gasteiger charge is 2.17. The normalized spacial score (nSPS) is 11.5. The Bertz CT molecular complexity index is 931. The fraction of sp³-hybridized carbons (Fsp3) is 0.467. The Balaban J connectivity index is 2.04. The minimum atomic E-state index is 0.0558. The van der Waals surface area contributed by atoms with Gasteiger partial charge < -0.3 is 0 Å². The van der Waals surface area contributed by atoms with Gasteiger partial charge in [-0.05, 0) is 25.8 Å². The number of thioether (sulfide) groups is 1. The van der Waals surface area contributed by atoms with Crippen molar-refractivity contribution in [3.8, 4) is 0 Å². The Labute approximate surface area is 157 Å². The van der Waals surface area contributed by atoms with Crippen molar-refractivity contribution in [2.45, 2.75) is 51.1 Å². The van der Waals surface area contributed by atoms with Crippen LogP contribution in [0.4, 0.5) is 0 Å². The molecule has 0 aliphatic heterocycles. The molecule has 0 saturated heterocycles. The Morgan fingerprint density at radius 2 is 2.12 bits per heavy atom. The van der Waals surface area contributed by atoms with Gasteiger partial charge in [0.1, 0.15) is 14.9 Å². The second kappa shape index (κ2) is 7.51. The monoisotopic (exact) mass is 400 g/mol. The average Bonchev–Trinajstić information content (AvgIpc) is 3.08. The van der Waals surface area contributed by atoms with E-state index < -0.39 is 0 Å².